The first kappa shape index (κ1) is 14.9. The molecule has 102 valence electrons. The van der Waals surface area contributed by atoms with Crippen LogP contribution in [0.5, 0.6) is 5.75 Å². The number of sulfone groups is 1. The Morgan fingerprint density at radius 2 is 2.11 bits per heavy atom. The van der Waals surface area contributed by atoms with E-state index in [1.165, 1.54) is 19.2 Å². The van der Waals surface area contributed by atoms with Gasteiger partial charge in [-0.05, 0) is 37.6 Å². The fraction of sp³-hybridized carbons (Fsp3) is 0.500. The van der Waals surface area contributed by atoms with Crippen molar-refractivity contribution in [1.29, 1.82) is 0 Å². The quantitative estimate of drug-likeness (QED) is 0.854. The second kappa shape index (κ2) is 6.15. The molecule has 0 heterocycles. The van der Waals surface area contributed by atoms with Crippen LogP contribution in [0.15, 0.2) is 18.2 Å². The first-order chi connectivity index (χ1) is 8.40. The van der Waals surface area contributed by atoms with Crippen molar-refractivity contribution in [3.8, 4) is 5.75 Å². The molecule has 1 aromatic rings. The maximum absolute atomic E-state index is 13.4. The number of methoxy groups -OCH3 is 1. The normalized spacial score (nSPS) is 13.3. The molecule has 6 heteroatoms. The van der Waals surface area contributed by atoms with Gasteiger partial charge >= 0.3 is 0 Å². The summed E-state index contributed by atoms with van der Waals surface area (Å²) in [6.45, 7) is 1.93. The predicted octanol–water partition coefficient (Wildman–Crippen LogP) is 1.49. The van der Waals surface area contributed by atoms with E-state index in [1.54, 1.807) is 13.0 Å². The number of rotatable bonds is 6. The highest BCUT2D eigenvalue weighted by atomic mass is 32.2. The molecule has 1 atom stereocenters. The van der Waals surface area contributed by atoms with Crippen LogP contribution < -0.4 is 10.5 Å². The van der Waals surface area contributed by atoms with Gasteiger partial charge in [0.2, 0.25) is 0 Å². The van der Waals surface area contributed by atoms with Crippen LogP contribution in [0.25, 0.3) is 0 Å². The van der Waals surface area contributed by atoms with Crippen LogP contribution in [0, 0.1) is 5.82 Å². The third-order valence-corrected chi connectivity index (χ3v) is 4.97. The minimum absolute atomic E-state index is 0.103. The summed E-state index contributed by atoms with van der Waals surface area (Å²) >= 11 is 0. The van der Waals surface area contributed by atoms with E-state index >= 15 is 0 Å². The largest absolute Gasteiger partial charge is 0.494 e. The van der Waals surface area contributed by atoms with Gasteiger partial charge in [0.1, 0.15) is 0 Å². The lowest BCUT2D eigenvalue weighted by Crippen LogP contribution is -2.22. The smallest absolute Gasteiger partial charge is 0.165 e. The van der Waals surface area contributed by atoms with Gasteiger partial charge in [-0.2, -0.15) is 0 Å². The van der Waals surface area contributed by atoms with Gasteiger partial charge in [0, 0.05) is 0 Å². The fourth-order valence-electron chi connectivity index (χ4n) is 1.59. The summed E-state index contributed by atoms with van der Waals surface area (Å²) in [5.41, 5.74) is 5.75. The zero-order valence-electron chi connectivity index (χ0n) is 10.5. The molecule has 0 saturated heterocycles. The number of hydrogen-bond donors (Lipinski definition) is 1. The molecule has 2 N–H and O–H groups in total. The van der Waals surface area contributed by atoms with Crippen molar-refractivity contribution in [2.24, 2.45) is 5.73 Å². The van der Waals surface area contributed by atoms with E-state index in [0.29, 0.717) is 18.5 Å². The van der Waals surface area contributed by atoms with Crippen LogP contribution in [0.4, 0.5) is 4.39 Å². The second-order valence-corrected chi connectivity index (χ2v) is 6.58. The van der Waals surface area contributed by atoms with Gasteiger partial charge < -0.3 is 10.5 Å². The Morgan fingerprint density at radius 1 is 1.44 bits per heavy atom. The first-order valence-corrected chi connectivity index (χ1v) is 7.36. The minimum atomic E-state index is -3.30. The van der Waals surface area contributed by atoms with Crippen molar-refractivity contribution in [3.05, 3.63) is 29.6 Å². The Kier molecular flexibility index (Phi) is 5.10. The zero-order chi connectivity index (χ0) is 13.8. The topological polar surface area (TPSA) is 69.4 Å². The minimum Gasteiger partial charge on any atom is -0.494 e. The summed E-state index contributed by atoms with van der Waals surface area (Å²) in [6, 6.07) is 4.16. The number of ether oxygens (including phenoxy) is 1. The van der Waals surface area contributed by atoms with Crippen LogP contribution in [0.3, 0.4) is 0 Å². The zero-order valence-corrected chi connectivity index (χ0v) is 11.3. The van der Waals surface area contributed by atoms with E-state index in [1.807, 2.05) is 0 Å². The van der Waals surface area contributed by atoms with Gasteiger partial charge in [0.25, 0.3) is 0 Å². The molecule has 4 nitrogen and oxygen atoms in total. The van der Waals surface area contributed by atoms with Gasteiger partial charge in [0.05, 0.1) is 18.1 Å². The van der Waals surface area contributed by atoms with Crippen LogP contribution in [-0.4, -0.2) is 27.3 Å². The summed E-state index contributed by atoms with van der Waals surface area (Å²) in [4.78, 5) is 0. The first-order valence-electron chi connectivity index (χ1n) is 5.64. The van der Waals surface area contributed by atoms with Gasteiger partial charge in [-0.1, -0.05) is 6.07 Å². The third-order valence-electron chi connectivity index (χ3n) is 2.77. The summed E-state index contributed by atoms with van der Waals surface area (Å²) in [5.74, 6) is -0.641. The van der Waals surface area contributed by atoms with E-state index < -0.39 is 20.9 Å². The van der Waals surface area contributed by atoms with Crippen molar-refractivity contribution in [2.45, 2.75) is 24.3 Å². The van der Waals surface area contributed by atoms with E-state index in [4.69, 9.17) is 10.5 Å². The highest BCUT2D eigenvalue weighted by molar-refractivity contribution is 7.91. The predicted molar refractivity (Wildman–Crippen MR) is 68.7 cm³/mol. The third kappa shape index (κ3) is 3.68. The lowest BCUT2D eigenvalue weighted by atomic mass is 10.2. The van der Waals surface area contributed by atoms with E-state index in [-0.39, 0.29) is 11.5 Å². The highest BCUT2D eigenvalue weighted by Crippen LogP contribution is 2.20. The van der Waals surface area contributed by atoms with E-state index in [0.717, 1.165) is 0 Å². The molecule has 0 bridgehead atoms. The Bertz CT molecular complexity index is 502. The molecule has 1 unspecified atom stereocenters. The average molecular weight is 275 g/mol. The standard InChI is InChI=1S/C12H18FNO3S/c1-9(5-6-14)18(15,16)8-10-3-4-12(17-2)11(13)7-10/h3-4,7,9H,5-6,8,14H2,1-2H3. The highest BCUT2D eigenvalue weighted by Gasteiger charge is 2.21. The molecule has 0 aliphatic heterocycles. The van der Waals surface area contributed by atoms with Crippen LogP contribution in [0.1, 0.15) is 18.9 Å². The van der Waals surface area contributed by atoms with E-state index in [9.17, 15) is 12.8 Å². The van der Waals surface area contributed by atoms with Gasteiger partial charge in [-0.15, -0.1) is 0 Å². The van der Waals surface area contributed by atoms with Crippen LogP contribution in [0.2, 0.25) is 0 Å². The molecule has 1 aromatic carbocycles. The lowest BCUT2D eigenvalue weighted by molar-refractivity contribution is 0.386. The van der Waals surface area contributed by atoms with Crippen molar-refractivity contribution in [3.63, 3.8) is 0 Å². The summed E-state index contributed by atoms with van der Waals surface area (Å²) < 4.78 is 42.1. The Hall–Kier alpha value is -1.14. The molecule has 0 spiro atoms. The molecular formula is C12H18FNO3S. The Morgan fingerprint density at radius 3 is 2.61 bits per heavy atom. The summed E-state index contributed by atoms with van der Waals surface area (Å²) in [6.07, 6.45) is 0.404. The molecule has 0 aromatic heterocycles. The molecule has 1 rings (SSSR count). The maximum Gasteiger partial charge on any atom is 0.165 e. The second-order valence-electron chi connectivity index (χ2n) is 4.16. The molecule has 0 saturated carbocycles. The molecule has 0 radical (unpaired) electrons. The van der Waals surface area contributed by atoms with Crippen molar-refractivity contribution >= 4 is 9.84 Å². The van der Waals surface area contributed by atoms with Crippen LogP contribution in [-0.2, 0) is 15.6 Å². The molecule has 0 aliphatic carbocycles. The summed E-state index contributed by atoms with van der Waals surface area (Å²) in [7, 11) is -1.94. The average Bonchev–Trinajstić information content (AvgIpc) is 2.29. The van der Waals surface area contributed by atoms with Gasteiger partial charge in [-0.25, -0.2) is 12.8 Å². The van der Waals surface area contributed by atoms with Crippen molar-refractivity contribution in [1.82, 2.24) is 0 Å². The van der Waals surface area contributed by atoms with Gasteiger partial charge in [-0.3, -0.25) is 0 Å². The lowest BCUT2D eigenvalue weighted by Gasteiger charge is -2.12. The van der Waals surface area contributed by atoms with E-state index in [2.05, 4.69) is 0 Å². The molecule has 0 fully saturated rings. The molecule has 0 aliphatic rings. The Labute approximate surface area is 107 Å². The summed E-state index contributed by atoms with van der Waals surface area (Å²) in [5, 5.41) is -0.521. The molecule has 0 amide bonds. The van der Waals surface area contributed by atoms with Crippen molar-refractivity contribution in [2.75, 3.05) is 13.7 Å². The fourth-order valence-corrected chi connectivity index (χ4v) is 3.01. The number of halogens is 1. The number of benzene rings is 1. The Balaban J connectivity index is 2.88. The molecular weight excluding hydrogens is 257 g/mol. The SMILES string of the molecule is COc1ccc(CS(=O)(=O)C(C)CCN)cc1F. The monoisotopic (exact) mass is 275 g/mol. The number of nitrogens with two attached hydrogens (primary N) is 1. The van der Waals surface area contributed by atoms with Gasteiger partial charge in [0.15, 0.2) is 21.4 Å². The number of hydrogen-bond acceptors (Lipinski definition) is 4. The van der Waals surface area contributed by atoms with Crippen molar-refractivity contribution < 1.29 is 17.5 Å². The molecule has 18 heavy (non-hydrogen) atoms. The van der Waals surface area contributed by atoms with Crippen LogP contribution >= 0.6 is 0 Å². The maximum atomic E-state index is 13.4.